The van der Waals surface area contributed by atoms with Crippen LogP contribution in [0.15, 0.2) is 30.5 Å². The number of carbonyl (C=O) groups is 1. The zero-order valence-electron chi connectivity index (χ0n) is 14.0. The first-order chi connectivity index (χ1) is 11.6. The molecule has 2 aromatic rings. The maximum Gasteiger partial charge on any atom is 0.407 e. The predicted molar refractivity (Wildman–Crippen MR) is 91.2 cm³/mol. The molecule has 2 atom stereocenters. The molecule has 2 heterocycles. The highest BCUT2D eigenvalue weighted by atomic mass is 16.6. The second-order valence-electron chi connectivity index (χ2n) is 6.38. The molecule has 2 unspecified atom stereocenters. The Labute approximate surface area is 141 Å². The number of aromatic amines is 1. The first-order valence-corrected chi connectivity index (χ1v) is 8.30. The fraction of sp³-hybridized carbons (Fsp3) is 0.471. The first kappa shape index (κ1) is 16.3. The zero-order chi connectivity index (χ0) is 16.9. The van der Waals surface area contributed by atoms with E-state index >= 15 is 0 Å². The van der Waals surface area contributed by atoms with Gasteiger partial charge in [-0.05, 0) is 45.2 Å². The van der Waals surface area contributed by atoms with E-state index in [1.54, 1.807) is 6.20 Å². The Hall–Kier alpha value is -2.57. The molecule has 1 aliphatic rings. The van der Waals surface area contributed by atoms with Crippen molar-refractivity contribution in [3.8, 4) is 0 Å². The van der Waals surface area contributed by atoms with Crippen molar-refractivity contribution in [1.29, 1.82) is 0 Å². The zero-order valence-corrected chi connectivity index (χ0v) is 14.0. The fourth-order valence-corrected chi connectivity index (χ4v) is 2.93. The Bertz CT molecular complexity index is 671. The van der Waals surface area contributed by atoms with Crippen molar-refractivity contribution in [2.24, 2.45) is 0 Å². The van der Waals surface area contributed by atoms with Crippen LogP contribution >= 0.6 is 0 Å². The largest absolute Gasteiger partial charge is 0.446 e. The predicted octanol–water partition coefficient (Wildman–Crippen LogP) is 3.32. The Balaban J connectivity index is 1.54. The van der Waals surface area contributed by atoms with E-state index in [1.165, 1.54) is 0 Å². The van der Waals surface area contributed by atoms with Crippen LogP contribution in [0.3, 0.4) is 0 Å². The lowest BCUT2D eigenvalue weighted by atomic mass is 10.0. The molecule has 0 aromatic carbocycles. The Morgan fingerprint density at radius 2 is 2.21 bits per heavy atom. The number of nitrogens with zero attached hydrogens (tertiary/aromatic N) is 2. The molecule has 0 spiro atoms. The lowest BCUT2D eigenvalue weighted by Gasteiger charge is -2.14. The molecule has 0 saturated heterocycles. The molecule has 2 aromatic heterocycles. The molecular weight excluding hydrogens is 306 g/mol. The number of aromatic nitrogens is 3. The van der Waals surface area contributed by atoms with Gasteiger partial charge in [0.1, 0.15) is 11.9 Å². The van der Waals surface area contributed by atoms with Gasteiger partial charge in [0.05, 0.1) is 0 Å². The summed E-state index contributed by atoms with van der Waals surface area (Å²) in [5.74, 6) is 1.83. The van der Waals surface area contributed by atoms with Gasteiger partial charge in [-0.2, -0.15) is 5.10 Å². The molecule has 1 fully saturated rings. The van der Waals surface area contributed by atoms with Crippen LogP contribution in [-0.2, 0) is 4.74 Å². The lowest BCUT2D eigenvalue weighted by molar-refractivity contribution is 0.0981. The second kappa shape index (κ2) is 7.33. The van der Waals surface area contributed by atoms with Gasteiger partial charge in [-0.1, -0.05) is 6.07 Å². The van der Waals surface area contributed by atoms with E-state index in [9.17, 15) is 4.79 Å². The number of amides is 1. The van der Waals surface area contributed by atoms with Gasteiger partial charge in [0.15, 0.2) is 5.82 Å². The van der Waals surface area contributed by atoms with Crippen molar-refractivity contribution < 1.29 is 9.53 Å². The number of anilines is 2. The highest BCUT2D eigenvalue weighted by Gasteiger charge is 2.30. The summed E-state index contributed by atoms with van der Waals surface area (Å²) in [7, 11) is 0. The van der Waals surface area contributed by atoms with E-state index in [2.05, 4.69) is 25.8 Å². The van der Waals surface area contributed by atoms with Crippen LogP contribution in [0.25, 0.3) is 0 Å². The molecule has 1 saturated carbocycles. The molecule has 24 heavy (non-hydrogen) atoms. The van der Waals surface area contributed by atoms with Crippen molar-refractivity contribution in [2.75, 3.05) is 5.32 Å². The van der Waals surface area contributed by atoms with Crippen LogP contribution in [0, 0.1) is 0 Å². The molecule has 3 N–H and O–H groups in total. The number of hydrogen-bond donors (Lipinski definition) is 3. The lowest BCUT2D eigenvalue weighted by Crippen LogP contribution is -2.33. The van der Waals surface area contributed by atoms with Crippen LogP contribution in [0.4, 0.5) is 16.4 Å². The summed E-state index contributed by atoms with van der Waals surface area (Å²) in [5.41, 5.74) is 1.06. The molecule has 1 amide bonds. The molecule has 1 aliphatic carbocycles. The quantitative estimate of drug-likeness (QED) is 0.782. The number of rotatable bonds is 5. The average Bonchev–Trinajstić information content (AvgIpc) is 3.17. The Morgan fingerprint density at radius 3 is 2.96 bits per heavy atom. The third-order valence-corrected chi connectivity index (χ3v) is 4.02. The van der Waals surface area contributed by atoms with Crippen molar-refractivity contribution in [3.05, 3.63) is 36.2 Å². The van der Waals surface area contributed by atoms with Gasteiger partial charge in [0.25, 0.3) is 0 Å². The van der Waals surface area contributed by atoms with E-state index in [-0.39, 0.29) is 18.2 Å². The van der Waals surface area contributed by atoms with Gasteiger partial charge in [0.2, 0.25) is 0 Å². The third kappa shape index (κ3) is 4.24. The maximum absolute atomic E-state index is 11.7. The molecule has 3 rings (SSSR count). The number of carbonyl (C=O) groups excluding carboxylic acids is 1. The Kier molecular flexibility index (Phi) is 4.98. The van der Waals surface area contributed by atoms with Crippen molar-refractivity contribution in [3.63, 3.8) is 0 Å². The second-order valence-corrected chi connectivity index (χ2v) is 6.38. The van der Waals surface area contributed by atoms with E-state index in [0.717, 1.165) is 36.6 Å². The Morgan fingerprint density at radius 1 is 1.33 bits per heavy atom. The number of hydrogen-bond acceptors (Lipinski definition) is 5. The number of nitrogens with one attached hydrogen (secondary N) is 3. The summed E-state index contributed by atoms with van der Waals surface area (Å²) >= 11 is 0. The van der Waals surface area contributed by atoms with Crippen LogP contribution in [0.1, 0.15) is 44.7 Å². The van der Waals surface area contributed by atoms with Gasteiger partial charge in [-0.3, -0.25) is 5.10 Å². The summed E-state index contributed by atoms with van der Waals surface area (Å²) in [4.78, 5) is 15.9. The number of alkyl carbamates (subject to hydrolysis) is 1. The average molecular weight is 329 g/mol. The number of ether oxygens (including phenoxy) is 1. The SMILES string of the molecule is CC(C)NC(=O)OC1CCC(c2cc(Nc3ccccn3)n[nH]2)C1. The molecule has 128 valence electrons. The molecule has 0 bridgehead atoms. The van der Waals surface area contributed by atoms with Crippen LogP contribution < -0.4 is 10.6 Å². The minimum Gasteiger partial charge on any atom is -0.446 e. The van der Waals surface area contributed by atoms with E-state index in [0.29, 0.717) is 5.92 Å². The van der Waals surface area contributed by atoms with Crippen LogP contribution in [0.5, 0.6) is 0 Å². The topological polar surface area (TPSA) is 91.9 Å². The van der Waals surface area contributed by atoms with Gasteiger partial charge in [0, 0.05) is 29.9 Å². The molecule has 0 radical (unpaired) electrons. The van der Waals surface area contributed by atoms with Crippen molar-refractivity contribution in [1.82, 2.24) is 20.5 Å². The van der Waals surface area contributed by atoms with E-state index < -0.39 is 0 Å². The van der Waals surface area contributed by atoms with Crippen LogP contribution in [0.2, 0.25) is 0 Å². The maximum atomic E-state index is 11.7. The van der Waals surface area contributed by atoms with Gasteiger partial charge >= 0.3 is 6.09 Å². The summed E-state index contributed by atoms with van der Waals surface area (Å²) in [6.07, 6.45) is 4.03. The number of pyridine rings is 1. The smallest absolute Gasteiger partial charge is 0.407 e. The first-order valence-electron chi connectivity index (χ1n) is 8.30. The minimum atomic E-state index is -0.335. The molecule has 7 heteroatoms. The normalized spacial score (nSPS) is 20.1. The number of H-pyrrole nitrogens is 1. The van der Waals surface area contributed by atoms with E-state index in [1.807, 2.05) is 38.1 Å². The summed E-state index contributed by atoms with van der Waals surface area (Å²) in [6.45, 7) is 3.83. The minimum absolute atomic E-state index is 0.0377. The molecule has 0 aliphatic heterocycles. The fourth-order valence-electron chi connectivity index (χ4n) is 2.93. The summed E-state index contributed by atoms with van der Waals surface area (Å²) < 4.78 is 5.47. The van der Waals surface area contributed by atoms with Gasteiger partial charge < -0.3 is 15.4 Å². The van der Waals surface area contributed by atoms with Gasteiger partial charge in [-0.25, -0.2) is 9.78 Å². The third-order valence-electron chi connectivity index (χ3n) is 4.02. The highest BCUT2D eigenvalue weighted by molar-refractivity contribution is 5.67. The van der Waals surface area contributed by atoms with E-state index in [4.69, 9.17) is 4.74 Å². The standard InChI is InChI=1S/C17H23N5O2/c1-11(2)19-17(23)24-13-7-6-12(9-13)14-10-16(22-21-14)20-15-5-3-4-8-18-15/h3-5,8,10-13H,6-7,9H2,1-2H3,(H,19,23)(H2,18,20,21,22). The van der Waals surface area contributed by atoms with Gasteiger partial charge in [-0.15, -0.1) is 0 Å². The molecule has 7 nitrogen and oxygen atoms in total. The molecular formula is C17H23N5O2. The van der Waals surface area contributed by atoms with Crippen molar-refractivity contribution >= 4 is 17.7 Å². The monoisotopic (exact) mass is 329 g/mol. The summed E-state index contributed by atoms with van der Waals surface area (Å²) in [6, 6.07) is 7.76. The summed E-state index contributed by atoms with van der Waals surface area (Å²) in [5, 5.41) is 13.3. The van der Waals surface area contributed by atoms with Crippen molar-refractivity contribution in [2.45, 2.75) is 51.2 Å². The highest BCUT2D eigenvalue weighted by Crippen LogP contribution is 2.36. The van der Waals surface area contributed by atoms with Crippen LogP contribution in [-0.4, -0.2) is 33.4 Å².